The van der Waals surface area contributed by atoms with E-state index in [4.69, 9.17) is 0 Å². The number of nitrogens with one attached hydrogen (secondary N) is 1. The van der Waals surface area contributed by atoms with E-state index in [0.717, 1.165) is 19.0 Å². The second kappa shape index (κ2) is 6.04. The fourth-order valence-electron chi connectivity index (χ4n) is 2.53. The molecule has 1 heterocycles. The van der Waals surface area contributed by atoms with Crippen LogP contribution in [0.1, 0.15) is 44.2 Å². The maximum Gasteiger partial charge on any atom is 0.0492 e. The molecule has 1 aromatic heterocycles. The van der Waals surface area contributed by atoms with Gasteiger partial charge in [0.2, 0.25) is 0 Å². The summed E-state index contributed by atoms with van der Waals surface area (Å²) in [6.45, 7) is 1.09. The molecule has 0 amide bonds. The number of hydrogen-bond donors (Lipinski definition) is 1. The van der Waals surface area contributed by atoms with Gasteiger partial charge in [-0.15, -0.1) is 0 Å². The molecule has 90 valence electrons. The highest BCUT2D eigenvalue weighted by Gasteiger charge is 2.11. The number of rotatable bonds is 4. The number of hydrogen-bond acceptors (Lipinski definition) is 2. The molecule has 1 aliphatic carbocycles. The largest absolute Gasteiger partial charge is 0.314 e. The lowest BCUT2D eigenvalue weighted by Crippen LogP contribution is -2.30. The third-order valence-corrected chi connectivity index (χ3v) is 3.59. The van der Waals surface area contributed by atoms with Crippen molar-refractivity contribution in [1.82, 2.24) is 15.1 Å². The average molecular weight is 221 g/mol. The molecule has 1 aromatic rings. The van der Waals surface area contributed by atoms with E-state index in [9.17, 15) is 0 Å². The van der Waals surface area contributed by atoms with Crippen LogP contribution in [-0.2, 0) is 13.5 Å². The first-order chi connectivity index (χ1) is 7.86. The average Bonchev–Trinajstić information content (AvgIpc) is 2.55. The van der Waals surface area contributed by atoms with Crippen molar-refractivity contribution in [3.05, 3.63) is 18.0 Å². The lowest BCUT2D eigenvalue weighted by Gasteiger charge is -2.15. The molecule has 1 fully saturated rings. The first-order valence-corrected chi connectivity index (χ1v) is 6.56. The molecule has 3 heteroatoms. The van der Waals surface area contributed by atoms with Crippen LogP contribution in [0.4, 0.5) is 0 Å². The normalized spacial score (nSPS) is 18.6. The van der Waals surface area contributed by atoms with Crippen molar-refractivity contribution in [1.29, 1.82) is 0 Å². The van der Waals surface area contributed by atoms with Gasteiger partial charge in [-0.05, 0) is 18.9 Å². The fourth-order valence-corrected chi connectivity index (χ4v) is 2.53. The summed E-state index contributed by atoms with van der Waals surface area (Å²) >= 11 is 0. The summed E-state index contributed by atoms with van der Waals surface area (Å²) in [6, 6.07) is 2.87. The van der Waals surface area contributed by atoms with Gasteiger partial charge in [0, 0.05) is 37.9 Å². The van der Waals surface area contributed by atoms with Crippen molar-refractivity contribution in [2.24, 2.45) is 7.05 Å². The van der Waals surface area contributed by atoms with Crippen molar-refractivity contribution >= 4 is 0 Å². The van der Waals surface area contributed by atoms with Gasteiger partial charge in [0.25, 0.3) is 0 Å². The summed E-state index contributed by atoms with van der Waals surface area (Å²) in [5.41, 5.74) is 1.32. The molecule has 3 nitrogen and oxygen atoms in total. The van der Waals surface area contributed by atoms with Gasteiger partial charge in [0.1, 0.15) is 0 Å². The molecule has 0 unspecified atom stereocenters. The zero-order chi connectivity index (χ0) is 11.2. The molecule has 2 rings (SSSR count). The quantitative estimate of drug-likeness (QED) is 0.790. The summed E-state index contributed by atoms with van der Waals surface area (Å²) in [4.78, 5) is 0. The molecular formula is C13H23N3. The predicted octanol–water partition coefficient (Wildman–Crippen LogP) is 2.28. The molecule has 0 spiro atoms. The molecule has 16 heavy (non-hydrogen) atoms. The Morgan fingerprint density at radius 1 is 1.31 bits per heavy atom. The minimum atomic E-state index is 0.760. The number of nitrogens with zero attached hydrogens (tertiary/aromatic N) is 2. The van der Waals surface area contributed by atoms with Crippen molar-refractivity contribution in [3.8, 4) is 0 Å². The molecule has 0 bridgehead atoms. The smallest absolute Gasteiger partial charge is 0.0492 e. The highest BCUT2D eigenvalue weighted by molar-refractivity contribution is 5.00. The molecule has 0 aromatic carbocycles. The Labute approximate surface area is 98.2 Å². The van der Waals surface area contributed by atoms with Crippen molar-refractivity contribution < 1.29 is 0 Å². The van der Waals surface area contributed by atoms with Gasteiger partial charge in [0.15, 0.2) is 0 Å². The zero-order valence-electron chi connectivity index (χ0n) is 10.3. The number of aromatic nitrogens is 2. The maximum absolute atomic E-state index is 4.19. The van der Waals surface area contributed by atoms with Gasteiger partial charge in [-0.25, -0.2) is 0 Å². The maximum atomic E-state index is 4.19. The van der Waals surface area contributed by atoms with Crippen LogP contribution in [0.2, 0.25) is 0 Å². The Morgan fingerprint density at radius 2 is 2.06 bits per heavy atom. The fraction of sp³-hybridized carbons (Fsp3) is 0.769. The third-order valence-electron chi connectivity index (χ3n) is 3.59. The lowest BCUT2D eigenvalue weighted by atomic mass is 10.1. The Kier molecular flexibility index (Phi) is 4.40. The van der Waals surface area contributed by atoms with Gasteiger partial charge in [-0.2, -0.15) is 5.10 Å². The van der Waals surface area contributed by atoms with Gasteiger partial charge >= 0.3 is 0 Å². The highest BCUT2D eigenvalue weighted by atomic mass is 15.3. The van der Waals surface area contributed by atoms with E-state index in [1.54, 1.807) is 0 Å². The molecule has 1 N–H and O–H groups in total. The molecule has 1 aliphatic rings. The van der Waals surface area contributed by atoms with Crippen LogP contribution in [0.3, 0.4) is 0 Å². The van der Waals surface area contributed by atoms with Crippen LogP contribution < -0.4 is 5.32 Å². The Bertz CT molecular complexity index is 298. The van der Waals surface area contributed by atoms with E-state index in [-0.39, 0.29) is 0 Å². The zero-order valence-corrected chi connectivity index (χ0v) is 10.3. The Morgan fingerprint density at radius 3 is 2.69 bits per heavy atom. The molecule has 0 radical (unpaired) electrons. The van der Waals surface area contributed by atoms with Crippen LogP contribution in [0, 0.1) is 0 Å². The minimum Gasteiger partial charge on any atom is -0.314 e. The van der Waals surface area contributed by atoms with Crippen molar-refractivity contribution in [3.63, 3.8) is 0 Å². The molecular weight excluding hydrogens is 198 g/mol. The Balaban J connectivity index is 1.69. The van der Waals surface area contributed by atoms with E-state index in [1.807, 2.05) is 17.9 Å². The second-order valence-electron chi connectivity index (χ2n) is 4.84. The summed E-state index contributed by atoms with van der Waals surface area (Å²) in [5, 5.41) is 7.87. The van der Waals surface area contributed by atoms with Gasteiger partial charge in [0.05, 0.1) is 0 Å². The predicted molar refractivity (Wildman–Crippen MR) is 66.4 cm³/mol. The first kappa shape index (κ1) is 11.6. The third kappa shape index (κ3) is 3.34. The van der Waals surface area contributed by atoms with Crippen LogP contribution in [0.15, 0.2) is 12.3 Å². The Hall–Kier alpha value is -0.830. The molecule has 1 saturated carbocycles. The second-order valence-corrected chi connectivity index (χ2v) is 4.84. The molecule has 0 aliphatic heterocycles. The van der Waals surface area contributed by atoms with Crippen LogP contribution in [0.25, 0.3) is 0 Å². The van der Waals surface area contributed by atoms with E-state index >= 15 is 0 Å². The summed E-state index contributed by atoms with van der Waals surface area (Å²) in [6.07, 6.45) is 11.4. The first-order valence-electron chi connectivity index (χ1n) is 6.56. The lowest BCUT2D eigenvalue weighted by molar-refractivity contribution is 0.460. The van der Waals surface area contributed by atoms with Crippen molar-refractivity contribution in [2.75, 3.05) is 6.54 Å². The topological polar surface area (TPSA) is 29.9 Å². The standard InChI is InChI=1S/C13H23N3/c1-16-13(9-11-15-16)8-10-14-12-6-4-2-3-5-7-12/h9,11-12,14H,2-8,10H2,1H3. The van der Waals surface area contributed by atoms with Gasteiger partial charge < -0.3 is 5.32 Å². The monoisotopic (exact) mass is 221 g/mol. The van der Waals surface area contributed by atoms with Crippen molar-refractivity contribution in [2.45, 2.75) is 51.0 Å². The molecule has 0 saturated heterocycles. The summed E-state index contributed by atoms with van der Waals surface area (Å²) in [5.74, 6) is 0. The van der Waals surface area contributed by atoms with Crippen LogP contribution in [0.5, 0.6) is 0 Å². The van der Waals surface area contributed by atoms with Crippen LogP contribution in [-0.4, -0.2) is 22.4 Å². The van der Waals surface area contributed by atoms with Gasteiger partial charge in [-0.3, -0.25) is 4.68 Å². The molecule has 0 atom stereocenters. The van der Waals surface area contributed by atoms with E-state index in [2.05, 4.69) is 16.5 Å². The number of aryl methyl sites for hydroxylation is 1. The van der Waals surface area contributed by atoms with Crippen LogP contribution >= 0.6 is 0 Å². The van der Waals surface area contributed by atoms with E-state index in [0.29, 0.717) is 0 Å². The van der Waals surface area contributed by atoms with E-state index in [1.165, 1.54) is 44.2 Å². The SMILES string of the molecule is Cn1nccc1CCNC1CCCCCC1. The highest BCUT2D eigenvalue weighted by Crippen LogP contribution is 2.17. The van der Waals surface area contributed by atoms with Gasteiger partial charge in [-0.1, -0.05) is 25.7 Å². The summed E-state index contributed by atoms with van der Waals surface area (Å²) in [7, 11) is 2.01. The van der Waals surface area contributed by atoms with E-state index < -0.39 is 0 Å². The summed E-state index contributed by atoms with van der Waals surface area (Å²) < 4.78 is 1.97. The minimum absolute atomic E-state index is 0.760.